The number of halogens is 1. The maximum Gasteiger partial charge on any atom is 0.223 e. The normalized spacial score (nSPS) is 20.2. The van der Waals surface area contributed by atoms with Gasteiger partial charge in [0, 0.05) is 23.4 Å². The van der Waals surface area contributed by atoms with Crippen LogP contribution in [-0.4, -0.2) is 11.8 Å². The van der Waals surface area contributed by atoms with Crippen molar-refractivity contribution < 1.29 is 9.59 Å². The van der Waals surface area contributed by atoms with E-state index in [2.05, 4.69) is 10.6 Å². The Bertz CT molecular complexity index is 784. The molecule has 0 aromatic heterocycles. The summed E-state index contributed by atoms with van der Waals surface area (Å²) in [5.74, 6) is 0.150. The quantitative estimate of drug-likeness (QED) is 0.744. The Morgan fingerprint density at radius 3 is 2.11 bits per heavy atom. The Morgan fingerprint density at radius 2 is 1.50 bits per heavy atom. The van der Waals surface area contributed by atoms with Crippen LogP contribution >= 0.6 is 11.6 Å². The summed E-state index contributed by atoms with van der Waals surface area (Å²) in [7, 11) is 0. The SMILES string of the molecule is CC(NC(=O)C1CCC(C(=O)NCc2ccc(Cl)cc2)CC1)c1ccccc1. The van der Waals surface area contributed by atoms with Crippen molar-refractivity contribution >= 4 is 23.4 Å². The molecule has 1 unspecified atom stereocenters. The van der Waals surface area contributed by atoms with Crippen LogP contribution in [0.2, 0.25) is 5.02 Å². The van der Waals surface area contributed by atoms with Crippen LogP contribution in [0.25, 0.3) is 0 Å². The highest BCUT2D eigenvalue weighted by atomic mass is 35.5. The van der Waals surface area contributed by atoms with Crippen molar-refractivity contribution in [3.05, 3.63) is 70.7 Å². The highest BCUT2D eigenvalue weighted by molar-refractivity contribution is 6.30. The lowest BCUT2D eigenvalue weighted by Gasteiger charge is -2.28. The molecule has 2 N–H and O–H groups in total. The van der Waals surface area contributed by atoms with E-state index in [9.17, 15) is 9.59 Å². The molecule has 148 valence electrons. The summed E-state index contributed by atoms with van der Waals surface area (Å²) < 4.78 is 0. The summed E-state index contributed by atoms with van der Waals surface area (Å²) in [5, 5.41) is 6.80. The Kier molecular flexibility index (Phi) is 7.10. The van der Waals surface area contributed by atoms with Crippen molar-refractivity contribution in [1.82, 2.24) is 10.6 Å². The minimum absolute atomic E-state index is 0.00546. The van der Waals surface area contributed by atoms with Gasteiger partial charge in [-0.3, -0.25) is 9.59 Å². The molecule has 2 aromatic rings. The van der Waals surface area contributed by atoms with Crippen LogP contribution in [0.3, 0.4) is 0 Å². The molecule has 2 aromatic carbocycles. The van der Waals surface area contributed by atoms with Crippen LogP contribution in [0, 0.1) is 11.8 Å². The number of carbonyl (C=O) groups excluding carboxylic acids is 2. The molecule has 5 heteroatoms. The Balaban J connectivity index is 1.42. The largest absolute Gasteiger partial charge is 0.352 e. The van der Waals surface area contributed by atoms with Gasteiger partial charge in [-0.2, -0.15) is 0 Å². The Labute approximate surface area is 171 Å². The first-order chi connectivity index (χ1) is 13.5. The monoisotopic (exact) mass is 398 g/mol. The van der Waals surface area contributed by atoms with E-state index in [1.54, 1.807) is 0 Å². The summed E-state index contributed by atoms with van der Waals surface area (Å²) in [6, 6.07) is 17.4. The fourth-order valence-corrected chi connectivity index (χ4v) is 3.84. The predicted molar refractivity (Wildman–Crippen MR) is 112 cm³/mol. The molecule has 0 radical (unpaired) electrons. The van der Waals surface area contributed by atoms with Gasteiger partial charge in [-0.25, -0.2) is 0 Å². The van der Waals surface area contributed by atoms with E-state index in [0.717, 1.165) is 36.8 Å². The maximum absolute atomic E-state index is 12.6. The molecule has 3 rings (SSSR count). The van der Waals surface area contributed by atoms with Crippen molar-refractivity contribution in [2.45, 2.75) is 45.2 Å². The van der Waals surface area contributed by atoms with Crippen LogP contribution < -0.4 is 10.6 Å². The first-order valence-corrected chi connectivity index (χ1v) is 10.3. The predicted octanol–water partition coefficient (Wildman–Crippen LogP) is 4.64. The maximum atomic E-state index is 12.6. The van der Waals surface area contributed by atoms with Crippen molar-refractivity contribution in [1.29, 1.82) is 0 Å². The number of benzene rings is 2. The molecule has 1 fully saturated rings. The lowest BCUT2D eigenvalue weighted by atomic mass is 9.81. The smallest absolute Gasteiger partial charge is 0.223 e. The summed E-state index contributed by atoms with van der Waals surface area (Å²) in [4.78, 5) is 25.0. The fraction of sp³-hybridized carbons (Fsp3) is 0.391. The second-order valence-corrected chi connectivity index (χ2v) is 7.97. The van der Waals surface area contributed by atoms with Gasteiger partial charge in [-0.05, 0) is 55.9 Å². The molecule has 0 spiro atoms. The van der Waals surface area contributed by atoms with Crippen molar-refractivity contribution in [2.75, 3.05) is 0 Å². The zero-order valence-electron chi connectivity index (χ0n) is 16.2. The zero-order valence-corrected chi connectivity index (χ0v) is 16.9. The molecule has 1 atom stereocenters. The van der Waals surface area contributed by atoms with Gasteiger partial charge in [0.25, 0.3) is 0 Å². The van der Waals surface area contributed by atoms with Gasteiger partial charge in [0.2, 0.25) is 11.8 Å². The molecule has 4 nitrogen and oxygen atoms in total. The third-order valence-electron chi connectivity index (χ3n) is 5.51. The van der Waals surface area contributed by atoms with Gasteiger partial charge in [0.05, 0.1) is 6.04 Å². The van der Waals surface area contributed by atoms with Crippen LogP contribution in [-0.2, 0) is 16.1 Å². The van der Waals surface area contributed by atoms with E-state index < -0.39 is 0 Å². The highest BCUT2D eigenvalue weighted by Gasteiger charge is 2.30. The number of nitrogens with one attached hydrogen (secondary N) is 2. The van der Waals surface area contributed by atoms with Gasteiger partial charge < -0.3 is 10.6 Å². The molecular weight excluding hydrogens is 372 g/mol. The van der Waals surface area contributed by atoms with E-state index >= 15 is 0 Å². The molecule has 0 heterocycles. The molecule has 1 aliphatic rings. The summed E-state index contributed by atoms with van der Waals surface area (Å²) >= 11 is 5.88. The van der Waals surface area contributed by atoms with Gasteiger partial charge in [0.15, 0.2) is 0 Å². The fourth-order valence-electron chi connectivity index (χ4n) is 3.71. The first-order valence-electron chi connectivity index (χ1n) is 9.90. The topological polar surface area (TPSA) is 58.2 Å². The van der Waals surface area contributed by atoms with Crippen LogP contribution in [0.15, 0.2) is 54.6 Å². The van der Waals surface area contributed by atoms with Crippen molar-refractivity contribution in [3.63, 3.8) is 0 Å². The van der Waals surface area contributed by atoms with E-state index in [1.807, 2.05) is 61.5 Å². The lowest BCUT2D eigenvalue weighted by molar-refractivity contribution is -0.131. The Morgan fingerprint density at radius 1 is 0.929 bits per heavy atom. The molecule has 2 amide bonds. The van der Waals surface area contributed by atoms with Gasteiger partial charge in [-0.15, -0.1) is 0 Å². The van der Waals surface area contributed by atoms with Crippen molar-refractivity contribution in [3.8, 4) is 0 Å². The van der Waals surface area contributed by atoms with Gasteiger partial charge >= 0.3 is 0 Å². The van der Waals surface area contributed by atoms with Crippen LogP contribution in [0.4, 0.5) is 0 Å². The number of hydrogen-bond acceptors (Lipinski definition) is 2. The second kappa shape index (κ2) is 9.74. The summed E-state index contributed by atoms with van der Waals surface area (Å²) in [6.45, 7) is 2.51. The number of hydrogen-bond donors (Lipinski definition) is 2. The average Bonchev–Trinajstić information content (AvgIpc) is 2.73. The summed E-state index contributed by atoms with van der Waals surface area (Å²) in [6.07, 6.45) is 3.02. The molecule has 0 saturated heterocycles. The lowest BCUT2D eigenvalue weighted by Crippen LogP contribution is -2.38. The van der Waals surface area contributed by atoms with E-state index in [1.165, 1.54) is 0 Å². The van der Waals surface area contributed by atoms with E-state index in [0.29, 0.717) is 11.6 Å². The number of amides is 2. The van der Waals surface area contributed by atoms with Gasteiger partial charge in [-0.1, -0.05) is 54.1 Å². The van der Waals surface area contributed by atoms with Crippen molar-refractivity contribution in [2.24, 2.45) is 11.8 Å². The molecule has 1 saturated carbocycles. The van der Waals surface area contributed by atoms with Crippen LogP contribution in [0.1, 0.15) is 49.8 Å². The molecule has 28 heavy (non-hydrogen) atoms. The summed E-state index contributed by atoms with van der Waals surface area (Å²) in [5.41, 5.74) is 2.13. The van der Waals surface area contributed by atoms with E-state index in [-0.39, 0.29) is 29.7 Å². The molecule has 1 aliphatic carbocycles. The zero-order chi connectivity index (χ0) is 19.9. The molecular formula is C23H27ClN2O2. The highest BCUT2D eigenvalue weighted by Crippen LogP contribution is 2.29. The molecule has 0 bridgehead atoms. The van der Waals surface area contributed by atoms with Crippen LogP contribution in [0.5, 0.6) is 0 Å². The molecule has 0 aliphatic heterocycles. The van der Waals surface area contributed by atoms with E-state index in [4.69, 9.17) is 11.6 Å². The Hall–Kier alpha value is -2.33. The average molecular weight is 399 g/mol. The minimum atomic E-state index is -0.0112. The number of carbonyl (C=O) groups is 2. The standard InChI is InChI=1S/C23H27ClN2O2/c1-16(18-5-3-2-4-6-18)26-23(28)20-11-9-19(10-12-20)22(27)25-15-17-7-13-21(24)14-8-17/h2-8,13-14,16,19-20H,9-12,15H2,1H3,(H,25,27)(H,26,28). The number of rotatable bonds is 6. The third-order valence-corrected chi connectivity index (χ3v) is 5.76. The second-order valence-electron chi connectivity index (χ2n) is 7.53. The minimum Gasteiger partial charge on any atom is -0.352 e. The van der Waals surface area contributed by atoms with Gasteiger partial charge in [0.1, 0.15) is 0 Å². The third kappa shape index (κ3) is 5.59. The first kappa shape index (κ1) is 20.4.